The molecule has 0 aromatic heterocycles. The number of carbonyl (C=O) groups excluding carboxylic acids is 1. The van der Waals surface area contributed by atoms with Gasteiger partial charge in [-0.15, -0.1) is 0 Å². The zero-order chi connectivity index (χ0) is 15.9. The lowest BCUT2D eigenvalue weighted by Gasteiger charge is -2.14. The maximum absolute atomic E-state index is 11.6. The summed E-state index contributed by atoms with van der Waals surface area (Å²) in [5, 5.41) is 3.82. The van der Waals surface area contributed by atoms with Crippen LogP contribution in [0.15, 0.2) is 48.5 Å². The van der Waals surface area contributed by atoms with E-state index in [1.54, 1.807) is 12.1 Å². The predicted molar refractivity (Wildman–Crippen MR) is 85.7 cm³/mol. The Morgan fingerprint density at radius 2 is 1.73 bits per heavy atom. The van der Waals surface area contributed by atoms with E-state index in [-0.39, 0.29) is 6.03 Å². The van der Waals surface area contributed by atoms with E-state index in [0.29, 0.717) is 12.3 Å². The average molecular weight is 300 g/mol. The lowest BCUT2D eigenvalue weighted by atomic mass is 10.2. The van der Waals surface area contributed by atoms with Gasteiger partial charge in [-0.1, -0.05) is 29.8 Å². The monoisotopic (exact) mass is 300 g/mol. The van der Waals surface area contributed by atoms with Crippen LogP contribution in [0.2, 0.25) is 0 Å². The first kappa shape index (κ1) is 15.9. The number of carbonyl (C=O) groups is 1. The van der Waals surface area contributed by atoms with Gasteiger partial charge in [0.1, 0.15) is 12.4 Å². The molecule has 0 saturated carbocycles. The molecule has 0 saturated heterocycles. The molecule has 2 rings (SSSR count). The van der Waals surface area contributed by atoms with E-state index < -0.39 is 0 Å². The topological polar surface area (TPSA) is 50.8 Å². The van der Waals surface area contributed by atoms with E-state index in [2.05, 4.69) is 24.4 Å². The Hall–Kier alpha value is -2.53. The fourth-order valence-corrected chi connectivity index (χ4v) is 1.77. The highest BCUT2D eigenvalue weighted by Crippen LogP contribution is 2.17. The molecule has 22 heavy (non-hydrogen) atoms. The van der Waals surface area contributed by atoms with Gasteiger partial charge in [0, 0.05) is 12.7 Å². The van der Waals surface area contributed by atoms with E-state index in [4.69, 9.17) is 9.57 Å². The molecule has 0 spiro atoms. The van der Waals surface area contributed by atoms with Crippen LogP contribution in [0.4, 0.5) is 10.5 Å². The van der Waals surface area contributed by atoms with Crippen LogP contribution in [0.5, 0.6) is 5.75 Å². The summed E-state index contributed by atoms with van der Waals surface area (Å²) in [6, 6.07) is 15.1. The lowest BCUT2D eigenvalue weighted by molar-refractivity contribution is -0.0598. The fraction of sp³-hybridized carbons (Fsp3) is 0.235. The van der Waals surface area contributed by atoms with E-state index in [1.165, 1.54) is 19.7 Å². The summed E-state index contributed by atoms with van der Waals surface area (Å²) in [5.74, 6) is 0.749. The SMILES string of the molecule is CON(C)C(=O)Nc1ccc(OCc2ccc(C)cc2)cc1. The van der Waals surface area contributed by atoms with Crippen LogP contribution >= 0.6 is 0 Å². The van der Waals surface area contributed by atoms with Crippen LogP contribution in [0.1, 0.15) is 11.1 Å². The molecule has 2 amide bonds. The second-order valence-corrected chi connectivity index (χ2v) is 4.91. The van der Waals surface area contributed by atoms with Crippen molar-refractivity contribution in [2.75, 3.05) is 19.5 Å². The van der Waals surface area contributed by atoms with Gasteiger partial charge in [-0.3, -0.25) is 4.84 Å². The summed E-state index contributed by atoms with van der Waals surface area (Å²) in [6.45, 7) is 2.57. The normalized spacial score (nSPS) is 10.1. The Balaban J connectivity index is 1.89. The van der Waals surface area contributed by atoms with Crippen molar-refractivity contribution in [1.82, 2.24) is 5.06 Å². The van der Waals surface area contributed by atoms with Gasteiger partial charge < -0.3 is 10.1 Å². The highest BCUT2D eigenvalue weighted by Gasteiger charge is 2.07. The van der Waals surface area contributed by atoms with Crippen LogP contribution in [-0.4, -0.2) is 25.3 Å². The molecule has 0 heterocycles. The van der Waals surface area contributed by atoms with Crippen molar-refractivity contribution in [3.8, 4) is 5.75 Å². The molecule has 2 aromatic rings. The number of hydroxylamine groups is 2. The number of hydrogen-bond acceptors (Lipinski definition) is 3. The van der Waals surface area contributed by atoms with Crippen molar-refractivity contribution in [1.29, 1.82) is 0 Å². The lowest BCUT2D eigenvalue weighted by Crippen LogP contribution is -2.30. The van der Waals surface area contributed by atoms with Crippen molar-refractivity contribution < 1.29 is 14.4 Å². The highest BCUT2D eigenvalue weighted by molar-refractivity contribution is 5.88. The number of nitrogens with one attached hydrogen (secondary N) is 1. The van der Waals surface area contributed by atoms with Crippen molar-refractivity contribution >= 4 is 11.7 Å². The Bertz CT molecular complexity index is 609. The van der Waals surface area contributed by atoms with Gasteiger partial charge in [0.2, 0.25) is 0 Å². The van der Waals surface area contributed by atoms with Crippen LogP contribution < -0.4 is 10.1 Å². The number of ether oxygens (including phenoxy) is 1. The standard InChI is InChI=1S/C17H20N2O3/c1-13-4-6-14(7-5-13)12-22-16-10-8-15(9-11-16)18-17(20)19(2)21-3/h4-11H,12H2,1-3H3,(H,18,20). The molecule has 0 aliphatic carbocycles. The minimum absolute atomic E-state index is 0.337. The summed E-state index contributed by atoms with van der Waals surface area (Å²) in [4.78, 5) is 16.4. The molecule has 0 atom stereocenters. The molecule has 1 N–H and O–H groups in total. The van der Waals surface area contributed by atoms with Gasteiger partial charge in [0.05, 0.1) is 7.11 Å². The molecule has 0 bridgehead atoms. The molecule has 0 unspecified atom stereocenters. The summed E-state index contributed by atoms with van der Waals surface area (Å²) in [5.41, 5.74) is 3.02. The molecular weight excluding hydrogens is 280 g/mol. The number of nitrogens with zero attached hydrogens (tertiary/aromatic N) is 1. The number of hydrogen-bond donors (Lipinski definition) is 1. The molecular formula is C17H20N2O3. The largest absolute Gasteiger partial charge is 0.489 e. The number of rotatable bonds is 5. The molecule has 2 aromatic carbocycles. The number of amides is 2. The zero-order valence-corrected chi connectivity index (χ0v) is 13.0. The number of benzene rings is 2. The minimum atomic E-state index is -0.337. The van der Waals surface area contributed by atoms with Crippen molar-refractivity contribution in [2.45, 2.75) is 13.5 Å². The predicted octanol–water partition coefficient (Wildman–Crippen LogP) is 3.60. The van der Waals surface area contributed by atoms with Crippen LogP contribution in [0.25, 0.3) is 0 Å². The fourth-order valence-electron chi connectivity index (χ4n) is 1.77. The average Bonchev–Trinajstić information content (AvgIpc) is 2.55. The van der Waals surface area contributed by atoms with E-state index in [9.17, 15) is 4.79 Å². The van der Waals surface area contributed by atoms with Crippen molar-refractivity contribution in [3.05, 3.63) is 59.7 Å². The molecule has 5 heteroatoms. The van der Waals surface area contributed by atoms with E-state index in [0.717, 1.165) is 16.4 Å². The Kier molecular flexibility index (Phi) is 5.38. The molecule has 5 nitrogen and oxygen atoms in total. The molecule has 116 valence electrons. The number of aryl methyl sites for hydroxylation is 1. The number of anilines is 1. The van der Waals surface area contributed by atoms with Crippen molar-refractivity contribution in [2.24, 2.45) is 0 Å². The second-order valence-electron chi connectivity index (χ2n) is 4.91. The van der Waals surface area contributed by atoms with Crippen molar-refractivity contribution in [3.63, 3.8) is 0 Å². The smallest absolute Gasteiger partial charge is 0.345 e. The molecule has 0 fully saturated rings. The van der Waals surface area contributed by atoms with Crippen LogP contribution in [0.3, 0.4) is 0 Å². The third kappa shape index (κ3) is 4.49. The van der Waals surface area contributed by atoms with E-state index >= 15 is 0 Å². The zero-order valence-electron chi connectivity index (χ0n) is 13.0. The van der Waals surface area contributed by atoms with E-state index in [1.807, 2.05) is 24.3 Å². The van der Waals surface area contributed by atoms with Gasteiger partial charge in [-0.05, 0) is 36.8 Å². The molecule has 0 aliphatic heterocycles. The third-order valence-electron chi connectivity index (χ3n) is 3.19. The van der Waals surface area contributed by atoms with Gasteiger partial charge in [-0.25, -0.2) is 9.86 Å². The highest BCUT2D eigenvalue weighted by atomic mass is 16.7. The van der Waals surface area contributed by atoms with Gasteiger partial charge in [-0.2, -0.15) is 0 Å². The van der Waals surface area contributed by atoms with Gasteiger partial charge in [0.15, 0.2) is 0 Å². The molecule has 0 radical (unpaired) electrons. The Labute approximate surface area is 130 Å². The molecule has 0 aliphatic rings. The van der Waals surface area contributed by atoms with Crippen LogP contribution in [0, 0.1) is 6.92 Å². The maximum Gasteiger partial charge on any atom is 0.345 e. The third-order valence-corrected chi connectivity index (χ3v) is 3.19. The summed E-state index contributed by atoms with van der Waals surface area (Å²) >= 11 is 0. The quantitative estimate of drug-likeness (QED) is 0.858. The summed E-state index contributed by atoms with van der Waals surface area (Å²) in [7, 11) is 2.97. The first-order valence-corrected chi connectivity index (χ1v) is 6.95. The number of urea groups is 1. The van der Waals surface area contributed by atoms with Crippen LogP contribution in [-0.2, 0) is 11.4 Å². The Morgan fingerprint density at radius 1 is 1.09 bits per heavy atom. The summed E-state index contributed by atoms with van der Waals surface area (Å²) < 4.78 is 5.71. The first-order chi connectivity index (χ1) is 10.6. The first-order valence-electron chi connectivity index (χ1n) is 6.95. The maximum atomic E-state index is 11.6. The minimum Gasteiger partial charge on any atom is -0.489 e. The second kappa shape index (κ2) is 7.47. The van der Waals surface area contributed by atoms with Gasteiger partial charge >= 0.3 is 6.03 Å². The summed E-state index contributed by atoms with van der Waals surface area (Å²) in [6.07, 6.45) is 0. The Morgan fingerprint density at radius 3 is 2.32 bits per heavy atom. The van der Waals surface area contributed by atoms with Gasteiger partial charge in [0.25, 0.3) is 0 Å².